The Kier molecular flexibility index (Phi) is 11.9. The van der Waals surface area contributed by atoms with Gasteiger partial charge in [-0.2, -0.15) is 9.41 Å². The van der Waals surface area contributed by atoms with Gasteiger partial charge in [-0.1, -0.05) is 69.5 Å². The predicted molar refractivity (Wildman–Crippen MR) is 174 cm³/mol. The first-order valence-electron chi connectivity index (χ1n) is 13.2. The molecule has 3 N–H and O–H groups in total. The Labute approximate surface area is 277 Å². The van der Waals surface area contributed by atoms with Crippen LogP contribution in [0.3, 0.4) is 0 Å². The van der Waals surface area contributed by atoms with E-state index in [2.05, 4.69) is 37.1 Å². The largest absolute Gasteiger partial charge is 0.458 e. The lowest BCUT2D eigenvalue weighted by Gasteiger charge is -2.21. The smallest absolute Gasteiger partial charge is 0.313 e. The van der Waals surface area contributed by atoms with Crippen LogP contribution in [0, 0.1) is 0 Å². The van der Waals surface area contributed by atoms with Gasteiger partial charge in [0.2, 0.25) is 10.0 Å². The molecule has 4 aromatic rings. The molecule has 1 heterocycles. The first-order valence-corrected chi connectivity index (χ1v) is 16.2. The van der Waals surface area contributed by atoms with Crippen LogP contribution in [0.1, 0.15) is 17.1 Å². The van der Waals surface area contributed by atoms with Gasteiger partial charge in [0, 0.05) is 26.8 Å². The normalized spacial score (nSPS) is 11.5. The molecule has 4 rings (SSSR count). The van der Waals surface area contributed by atoms with Crippen molar-refractivity contribution in [2.45, 2.75) is 17.9 Å². The van der Waals surface area contributed by atoms with E-state index in [0.717, 1.165) is 14.3 Å². The number of nitrogens with one attached hydrogen (secondary N) is 3. The molecule has 0 fully saturated rings. The molecule has 3 aromatic carbocycles. The van der Waals surface area contributed by atoms with E-state index in [9.17, 15) is 22.8 Å². The number of carbonyl (C=O) groups is 3. The van der Waals surface area contributed by atoms with Crippen LogP contribution >= 0.6 is 39.1 Å². The zero-order valence-corrected chi connectivity index (χ0v) is 27.3. The fourth-order valence-corrected chi connectivity index (χ4v) is 6.11. The maximum atomic E-state index is 13.4. The van der Waals surface area contributed by atoms with Gasteiger partial charge in [-0.25, -0.2) is 13.8 Å². The Morgan fingerprint density at radius 1 is 0.911 bits per heavy atom. The lowest BCUT2D eigenvalue weighted by molar-refractivity contribution is -0.136. The van der Waals surface area contributed by atoms with E-state index in [1.807, 2.05) is 30.3 Å². The number of sulfonamides is 1. The third kappa shape index (κ3) is 10.3. The molecule has 0 radical (unpaired) electrons. The molecular weight excluding hydrogens is 709 g/mol. The summed E-state index contributed by atoms with van der Waals surface area (Å²) in [7, 11) is -3.99. The van der Waals surface area contributed by atoms with Crippen LogP contribution in [0.4, 0.5) is 5.69 Å². The van der Waals surface area contributed by atoms with E-state index in [4.69, 9.17) is 27.6 Å². The Morgan fingerprint density at radius 3 is 2.29 bits per heavy atom. The second kappa shape index (κ2) is 15.8. The zero-order valence-electron chi connectivity index (χ0n) is 23.4. The van der Waals surface area contributed by atoms with Crippen LogP contribution in [-0.4, -0.2) is 49.7 Å². The van der Waals surface area contributed by atoms with E-state index in [0.29, 0.717) is 22.2 Å². The molecule has 3 amide bonds. The molecule has 11 nitrogen and oxygen atoms in total. The summed E-state index contributed by atoms with van der Waals surface area (Å²) in [5.41, 5.74) is 3.49. The van der Waals surface area contributed by atoms with Crippen LogP contribution in [0.15, 0.2) is 104 Å². The summed E-state index contributed by atoms with van der Waals surface area (Å²) in [4.78, 5) is 37.1. The predicted octanol–water partition coefficient (Wildman–Crippen LogP) is 4.99. The highest BCUT2D eigenvalue weighted by Gasteiger charge is 2.26. The Bertz CT molecular complexity index is 1780. The molecule has 234 valence electrons. The van der Waals surface area contributed by atoms with Gasteiger partial charge in [0.1, 0.15) is 11.5 Å². The SMILES string of the molecule is O=C(CN(CCc1ccccc1)S(=O)(=O)c1ccc(Br)cc1)N/N=C\c1ccc(CNC(=O)C(=O)Nc2cc(Cl)cc(Cl)c2)o1. The highest BCUT2D eigenvalue weighted by molar-refractivity contribution is 9.10. The molecule has 0 unspecified atom stereocenters. The summed E-state index contributed by atoms with van der Waals surface area (Å²) in [6.45, 7) is -0.508. The minimum atomic E-state index is -3.99. The van der Waals surface area contributed by atoms with Crippen LogP contribution in [-0.2, 0) is 37.4 Å². The lowest BCUT2D eigenvalue weighted by Crippen LogP contribution is -2.40. The van der Waals surface area contributed by atoms with E-state index >= 15 is 0 Å². The van der Waals surface area contributed by atoms with Crippen LogP contribution in [0.5, 0.6) is 0 Å². The van der Waals surface area contributed by atoms with Crippen LogP contribution in [0.2, 0.25) is 10.0 Å². The number of furan rings is 1. The molecule has 0 spiro atoms. The Morgan fingerprint density at radius 2 is 1.60 bits per heavy atom. The minimum Gasteiger partial charge on any atom is -0.458 e. The fraction of sp³-hybridized carbons (Fsp3) is 0.133. The highest BCUT2D eigenvalue weighted by Crippen LogP contribution is 2.22. The second-order valence-electron chi connectivity index (χ2n) is 9.42. The lowest BCUT2D eigenvalue weighted by atomic mass is 10.1. The van der Waals surface area contributed by atoms with Crippen LogP contribution in [0.25, 0.3) is 0 Å². The summed E-state index contributed by atoms with van der Waals surface area (Å²) >= 11 is 15.1. The van der Waals surface area contributed by atoms with Gasteiger partial charge in [0.15, 0.2) is 0 Å². The zero-order chi connectivity index (χ0) is 32.4. The number of hydrogen-bond donors (Lipinski definition) is 3. The van der Waals surface area contributed by atoms with Crippen molar-refractivity contribution in [3.63, 3.8) is 0 Å². The number of amides is 3. The van der Waals surface area contributed by atoms with E-state index in [1.165, 1.54) is 42.6 Å². The van der Waals surface area contributed by atoms with Crippen molar-refractivity contribution in [2.24, 2.45) is 5.10 Å². The van der Waals surface area contributed by atoms with E-state index in [1.54, 1.807) is 18.2 Å². The first kappa shape index (κ1) is 33.9. The van der Waals surface area contributed by atoms with E-state index in [-0.39, 0.29) is 29.4 Å². The molecule has 1 aromatic heterocycles. The number of halogens is 3. The molecule has 0 aliphatic heterocycles. The summed E-state index contributed by atoms with van der Waals surface area (Å²) in [6.07, 6.45) is 1.62. The number of rotatable bonds is 12. The van der Waals surface area contributed by atoms with Gasteiger partial charge in [-0.15, -0.1) is 0 Å². The third-order valence-electron chi connectivity index (χ3n) is 6.08. The molecule has 0 aliphatic carbocycles. The van der Waals surface area contributed by atoms with Crippen molar-refractivity contribution in [3.05, 3.63) is 117 Å². The molecular formula is C30H26BrCl2N5O6S. The van der Waals surface area contributed by atoms with Crippen molar-refractivity contribution in [2.75, 3.05) is 18.4 Å². The summed E-state index contributed by atoms with van der Waals surface area (Å²) in [5.74, 6) is -1.96. The maximum absolute atomic E-state index is 13.4. The van der Waals surface area contributed by atoms with Gasteiger partial charge in [-0.05, 0) is 66.6 Å². The maximum Gasteiger partial charge on any atom is 0.313 e. The number of nitrogens with zero attached hydrogens (tertiary/aromatic N) is 2. The quantitative estimate of drug-likeness (QED) is 0.106. The molecule has 45 heavy (non-hydrogen) atoms. The molecule has 0 aliphatic rings. The van der Waals surface area contributed by atoms with Gasteiger partial charge in [0.25, 0.3) is 5.91 Å². The van der Waals surface area contributed by atoms with Crippen molar-refractivity contribution in [3.8, 4) is 0 Å². The van der Waals surface area contributed by atoms with Crippen molar-refractivity contribution in [1.29, 1.82) is 0 Å². The second-order valence-corrected chi connectivity index (χ2v) is 13.1. The van der Waals surface area contributed by atoms with Crippen molar-refractivity contribution >= 4 is 78.8 Å². The van der Waals surface area contributed by atoms with E-state index < -0.39 is 34.3 Å². The third-order valence-corrected chi connectivity index (χ3v) is 8.90. The molecule has 15 heteroatoms. The number of hydrazone groups is 1. The summed E-state index contributed by atoms with van der Waals surface area (Å²) in [6, 6.07) is 22.9. The molecule has 0 saturated heterocycles. The summed E-state index contributed by atoms with van der Waals surface area (Å²) in [5, 5.41) is 9.27. The topological polar surface area (TPSA) is 150 Å². The van der Waals surface area contributed by atoms with Crippen molar-refractivity contribution in [1.82, 2.24) is 15.0 Å². The number of anilines is 1. The van der Waals surface area contributed by atoms with Crippen LogP contribution < -0.4 is 16.1 Å². The average molecular weight is 735 g/mol. The summed E-state index contributed by atoms with van der Waals surface area (Å²) < 4.78 is 34.1. The number of carbonyl (C=O) groups excluding carboxylic acids is 3. The van der Waals surface area contributed by atoms with Gasteiger partial charge < -0.3 is 15.1 Å². The monoisotopic (exact) mass is 733 g/mol. The van der Waals surface area contributed by atoms with Gasteiger partial charge in [-0.3, -0.25) is 14.4 Å². The van der Waals surface area contributed by atoms with Crippen molar-refractivity contribution < 1.29 is 27.2 Å². The standard InChI is InChI=1S/C30H26BrCl2N5O6S/c31-21-6-10-27(11-7-21)45(42,43)38(13-12-20-4-2-1-3-5-20)19-28(39)37-35-18-26-9-8-25(44-26)17-34-29(40)30(41)36-24-15-22(32)14-23(33)16-24/h1-11,14-16,18H,12-13,17,19H2,(H,34,40)(H,36,41)(H,37,39)/b35-18-. The highest BCUT2D eigenvalue weighted by atomic mass is 79.9. The molecule has 0 atom stereocenters. The number of hydrogen-bond acceptors (Lipinski definition) is 7. The van der Waals surface area contributed by atoms with Gasteiger partial charge >= 0.3 is 11.8 Å². The Balaban J connectivity index is 1.31. The minimum absolute atomic E-state index is 0.0524. The average Bonchev–Trinajstić information content (AvgIpc) is 3.45. The fourth-order valence-electron chi connectivity index (χ4n) is 3.92. The first-order chi connectivity index (χ1) is 21.5. The number of benzene rings is 3. The molecule has 0 saturated carbocycles. The van der Waals surface area contributed by atoms with Gasteiger partial charge in [0.05, 0.1) is 24.2 Å². The molecule has 0 bridgehead atoms. The Hall–Kier alpha value is -4.01.